The SMILES string of the molecule is CCCc1cc(=O)n(-c2ccc(C(=O)N(C)C(C)c3ccccn3)cc2)[nH]1. The summed E-state index contributed by atoms with van der Waals surface area (Å²) in [5, 5.41) is 3.11. The molecule has 0 aliphatic heterocycles. The average molecular weight is 364 g/mol. The van der Waals surface area contributed by atoms with E-state index < -0.39 is 0 Å². The molecule has 0 fully saturated rings. The molecule has 0 saturated carbocycles. The van der Waals surface area contributed by atoms with Gasteiger partial charge in [-0.1, -0.05) is 19.4 Å². The molecule has 0 bridgehead atoms. The van der Waals surface area contributed by atoms with Gasteiger partial charge in [-0.3, -0.25) is 19.7 Å². The second-order valence-electron chi connectivity index (χ2n) is 6.60. The number of aromatic amines is 1. The number of hydrogen-bond acceptors (Lipinski definition) is 3. The predicted octanol–water partition coefficient (Wildman–Crippen LogP) is 3.35. The van der Waals surface area contributed by atoms with Crippen molar-refractivity contribution < 1.29 is 4.79 Å². The van der Waals surface area contributed by atoms with Crippen molar-refractivity contribution in [2.45, 2.75) is 32.7 Å². The molecule has 1 N–H and O–H groups in total. The molecule has 6 heteroatoms. The van der Waals surface area contributed by atoms with Gasteiger partial charge < -0.3 is 4.90 Å². The molecule has 0 saturated heterocycles. The average Bonchev–Trinajstić information content (AvgIpc) is 3.07. The number of benzene rings is 1. The number of pyridine rings is 1. The Morgan fingerprint density at radius 2 is 1.96 bits per heavy atom. The topological polar surface area (TPSA) is 71.0 Å². The summed E-state index contributed by atoms with van der Waals surface area (Å²) in [6.07, 6.45) is 3.52. The largest absolute Gasteiger partial charge is 0.333 e. The van der Waals surface area contributed by atoms with E-state index in [1.807, 2.05) is 25.1 Å². The highest BCUT2D eigenvalue weighted by molar-refractivity contribution is 5.94. The number of H-pyrrole nitrogens is 1. The molecule has 2 aromatic heterocycles. The van der Waals surface area contributed by atoms with Crippen LogP contribution in [0.15, 0.2) is 59.5 Å². The lowest BCUT2D eigenvalue weighted by Crippen LogP contribution is -2.30. The zero-order valence-electron chi connectivity index (χ0n) is 15.8. The number of nitrogens with one attached hydrogen (secondary N) is 1. The van der Waals surface area contributed by atoms with E-state index in [1.165, 1.54) is 4.68 Å². The van der Waals surface area contributed by atoms with Crippen molar-refractivity contribution in [2.75, 3.05) is 7.05 Å². The van der Waals surface area contributed by atoms with Gasteiger partial charge in [-0.2, -0.15) is 0 Å². The quantitative estimate of drug-likeness (QED) is 0.729. The Morgan fingerprint density at radius 1 is 1.22 bits per heavy atom. The summed E-state index contributed by atoms with van der Waals surface area (Å²) in [5.41, 5.74) is 2.92. The standard InChI is InChI=1S/C21H24N4O2/c1-4-7-17-14-20(26)25(23-17)18-11-9-16(10-12-18)21(27)24(3)15(2)19-8-5-6-13-22-19/h5-6,8-15,23H,4,7H2,1-3H3. The molecule has 1 unspecified atom stereocenters. The Hall–Kier alpha value is -3.15. The van der Waals surface area contributed by atoms with E-state index in [-0.39, 0.29) is 17.5 Å². The highest BCUT2D eigenvalue weighted by atomic mass is 16.2. The van der Waals surface area contributed by atoms with Gasteiger partial charge in [0.1, 0.15) is 0 Å². The number of amides is 1. The van der Waals surface area contributed by atoms with Gasteiger partial charge in [-0.25, -0.2) is 4.68 Å². The van der Waals surface area contributed by atoms with Crippen molar-refractivity contribution in [1.82, 2.24) is 19.7 Å². The number of hydrogen-bond donors (Lipinski definition) is 1. The number of aromatic nitrogens is 3. The summed E-state index contributed by atoms with van der Waals surface area (Å²) < 4.78 is 1.50. The normalized spacial score (nSPS) is 12.0. The molecule has 1 atom stereocenters. The van der Waals surface area contributed by atoms with Crippen LogP contribution in [0, 0.1) is 0 Å². The van der Waals surface area contributed by atoms with Crippen molar-refractivity contribution in [2.24, 2.45) is 0 Å². The Morgan fingerprint density at radius 3 is 2.59 bits per heavy atom. The summed E-state index contributed by atoms with van der Waals surface area (Å²) in [6.45, 7) is 4.01. The Kier molecular flexibility index (Phi) is 5.54. The van der Waals surface area contributed by atoms with Crippen molar-refractivity contribution in [3.8, 4) is 5.69 Å². The molecule has 140 valence electrons. The molecule has 0 spiro atoms. The van der Waals surface area contributed by atoms with Gasteiger partial charge in [0.25, 0.3) is 11.5 Å². The first-order chi connectivity index (χ1) is 13.0. The number of carbonyl (C=O) groups excluding carboxylic acids is 1. The molecule has 1 aromatic carbocycles. The van der Waals surface area contributed by atoms with E-state index in [4.69, 9.17) is 0 Å². The number of carbonyl (C=O) groups is 1. The summed E-state index contributed by atoms with van der Waals surface area (Å²) in [5.74, 6) is -0.0924. The molecular weight excluding hydrogens is 340 g/mol. The first-order valence-corrected chi connectivity index (χ1v) is 9.10. The van der Waals surface area contributed by atoms with Gasteiger partial charge in [0.05, 0.1) is 17.4 Å². The molecule has 0 radical (unpaired) electrons. The van der Waals surface area contributed by atoms with Gasteiger partial charge >= 0.3 is 0 Å². The highest BCUT2D eigenvalue weighted by Crippen LogP contribution is 2.19. The number of rotatable bonds is 6. The molecule has 0 aliphatic rings. The van der Waals surface area contributed by atoms with Crippen LogP contribution in [0.2, 0.25) is 0 Å². The third-order valence-electron chi connectivity index (χ3n) is 4.68. The van der Waals surface area contributed by atoms with Crippen LogP contribution >= 0.6 is 0 Å². The zero-order valence-corrected chi connectivity index (χ0v) is 15.8. The second-order valence-corrected chi connectivity index (χ2v) is 6.60. The molecule has 6 nitrogen and oxygen atoms in total. The van der Waals surface area contributed by atoms with Crippen LogP contribution in [0.25, 0.3) is 5.69 Å². The predicted molar refractivity (Wildman–Crippen MR) is 105 cm³/mol. The third-order valence-corrected chi connectivity index (χ3v) is 4.68. The fraction of sp³-hybridized carbons (Fsp3) is 0.286. The summed E-state index contributed by atoms with van der Waals surface area (Å²) in [4.78, 5) is 30.9. The Labute approximate surface area is 158 Å². The minimum atomic E-state index is -0.138. The smallest absolute Gasteiger partial charge is 0.271 e. The van der Waals surface area contributed by atoms with Gasteiger partial charge in [-0.05, 0) is 49.7 Å². The van der Waals surface area contributed by atoms with E-state index in [0.717, 1.165) is 24.2 Å². The van der Waals surface area contributed by atoms with E-state index in [1.54, 1.807) is 48.5 Å². The van der Waals surface area contributed by atoms with Crippen LogP contribution in [-0.2, 0) is 6.42 Å². The summed E-state index contributed by atoms with van der Waals surface area (Å²) in [7, 11) is 1.77. The lowest BCUT2D eigenvalue weighted by molar-refractivity contribution is 0.0740. The van der Waals surface area contributed by atoms with Gasteiger partial charge in [0.15, 0.2) is 0 Å². The molecule has 27 heavy (non-hydrogen) atoms. The van der Waals surface area contributed by atoms with Crippen molar-refractivity contribution >= 4 is 5.91 Å². The van der Waals surface area contributed by atoms with E-state index in [9.17, 15) is 9.59 Å². The highest BCUT2D eigenvalue weighted by Gasteiger charge is 2.19. The number of aryl methyl sites for hydroxylation is 1. The van der Waals surface area contributed by atoms with Gasteiger partial charge in [0.2, 0.25) is 0 Å². The zero-order chi connectivity index (χ0) is 19.4. The fourth-order valence-electron chi connectivity index (χ4n) is 2.99. The van der Waals surface area contributed by atoms with Gasteiger partial charge in [-0.15, -0.1) is 0 Å². The maximum absolute atomic E-state index is 12.8. The minimum absolute atomic E-state index is 0.0924. The summed E-state index contributed by atoms with van der Waals surface area (Å²) in [6, 6.07) is 14.2. The Bertz CT molecular complexity index is 958. The third kappa shape index (κ3) is 4.00. The number of nitrogens with zero attached hydrogens (tertiary/aromatic N) is 3. The van der Waals surface area contributed by atoms with Crippen LogP contribution in [0.3, 0.4) is 0 Å². The first kappa shape index (κ1) is 18.6. The molecule has 0 aliphatic carbocycles. The lowest BCUT2D eigenvalue weighted by Gasteiger charge is -2.24. The van der Waals surface area contributed by atoms with Crippen LogP contribution in [0.4, 0.5) is 0 Å². The fourth-order valence-corrected chi connectivity index (χ4v) is 2.99. The van der Waals surface area contributed by atoms with Crippen LogP contribution < -0.4 is 5.56 Å². The van der Waals surface area contributed by atoms with Crippen molar-refractivity contribution in [1.29, 1.82) is 0 Å². The van der Waals surface area contributed by atoms with Crippen molar-refractivity contribution in [3.63, 3.8) is 0 Å². The van der Waals surface area contributed by atoms with E-state index >= 15 is 0 Å². The molecule has 3 aromatic rings. The van der Waals surface area contributed by atoms with Crippen LogP contribution in [-0.4, -0.2) is 32.6 Å². The van der Waals surface area contributed by atoms with E-state index in [2.05, 4.69) is 17.0 Å². The molecule has 3 rings (SSSR count). The van der Waals surface area contributed by atoms with Crippen molar-refractivity contribution in [3.05, 3.63) is 82.0 Å². The maximum atomic E-state index is 12.8. The van der Waals surface area contributed by atoms with E-state index in [0.29, 0.717) is 11.3 Å². The first-order valence-electron chi connectivity index (χ1n) is 9.10. The second kappa shape index (κ2) is 8.03. The monoisotopic (exact) mass is 364 g/mol. The Balaban J connectivity index is 1.78. The molecule has 1 amide bonds. The molecular formula is C21H24N4O2. The van der Waals surface area contributed by atoms with Crippen LogP contribution in [0.1, 0.15) is 48.1 Å². The summed E-state index contributed by atoms with van der Waals surface area (Å²) >= 11 is 0. The molecule has 2 heterocycles. The van der Waals surface area contributed by atoms with Gasteiger partial charge in [0, 0.05) is 30.6 Å². The lowest BCUT2D eigenvalue weighted by atomic mass is 10.1. The minimum Gasteiger partial charge on any atom is -0.333 e. The van der Waals surface area contributed by atoms with Crippen LogP contribution in [0.5, 0.6) is 0 Å². The maximum Gasteiger partial charge on any atom is 0.271 e.